The summed E-state index contributed by atoms with van der Waals surface area (Å²) in [7, 11) is 3.04. The molecule has 0 atom stereocenters. The van der Waals surface area contributed by atoms with Crippen LogP contribution in [0.25, 0.3) is 0 Å². The molecule has 1 aromatic carbocycles. The van der Waals surface area contributed by atoms with Crippen molar-refractivity contribution in [2.75, 3.05) is 33.9 Å². The van der Waals surface area contributed by atoms with Crippen molar-refractivity contribution in [1.29, 1.82) is 0 Å². The normalized spacial score (nSPS) is 12.0. The van der Waals surface area contributed by atoms with Crippen LogP contribution >= 0.6 is 0 Å². The maximum absolute atomic E-state index is 12.7. The summed E-state index contributed by atoms with van der Waals surface area (Å²) in [5, 5.41) is 8.26. The SMILES string of the molecule is CN=C(NCC(=O)NCCOC)NCc1cccc(C(F)(F)F)c1. The van der Waals surface area contributed by atoms with Crippen LogP contribution in [0.15, 0.2) is 29.3 Å². The number of alkyl halides is 3. The molecule has 0 saturated carbocycles. The third-order valence-corrected chi connectivity index (χ3v) is 2.98. The Bertz CT molecular complexity index is 562. The van der Waals surface area contributed by atoms with E-state index in [9.17, 15) is 18.0 Å². The fraction of sp³-hybridized carbons (Fsp3) is 0.467. The number of rotatable bonds is 7. The monoisotopic (exact) mass is 346 g/mol. The predicted molar refractivity (Wildman–Crippen MR) is 84.5 cm³/mol. The summed E-state index contributed by atoms with van der Waals surface area (Å²) in [5.74, 6) is 0.0726. The van der Waals surface area contributed by atoms with E-state index >= 15 is 0 Å². The highest BCUT2D eigenvalue weighted by Crippen LogP contribution is 2.29. The van der Waals surface area contributed by atoms with Gasteiger partial charge in [-0.1, -0.05) is 12.1 Å². The number of aliphatic imine (C=N–C) groups is 1. The molecule has 0 saturated heterocycles. The topological polar surface area (TPSA) is 74.8 Å². The average Bonchev–Trinajstić information content (AvgIpc) is 2.55. The lowest BCUT2D eigenvalue weighted by Crippen LogP contribution is -2.43. The zero-order valence-corrected chi connectivity index (χ0v) is 13.5. The van der Waals surface area contributed by atoms with E-state index in [4.69, 9.17) is 4.74 Å². The molecule has 0 fully saturated rings. The van der Waals surface area contributed by atoms with Crippen LogP contribution in [0.2, 0.25) is 0 Å². The zero-order valence-electron chi connectivity index (χ0n) is 13.5. The molecular weight excluding hydrogens is 325 g/mol. The molecule has 0 spiro atoms. The van der Waals surface area contributed by atoms with Gasteiger partial charge in [-0.15, -0.1) is 0 Å². The number of halogens is 3. The number of hydrogen-bond donors (Lipinski definition) is 3. The Morgan fingerprint density at radius 1 is 1.25 bits per heavy atom. The van der Waals surface area contributed by atoms with E-state index in [0.717, 1.165) is 12.1 Å². The summed E-state index contributed by atoms with van der Waals surface area (Å²) in [6, 6.07) is 5.00. The molecule has 0 aliphatic carbocycles. The molecule has 9 heteroatoms. The Kier molecular flexibility index (Phi) is 8.03. The minimum absolute atomic E-state index is 0.00796. The number of ether oxygens (including phenoxy) is 1. The zero-order chi connectivity index (χ0) is 18.0. The largest absolute Gasteiger partial charge is 0.416 e. The van der Waals surface area contributed by atoms with Crippen molar-refractivity contribution in [3.8, 4) is 0 Å². The second-order valence-corrected chi connectivity index (χ2v) is 4.82. The Balaban J connectivity index is 2.46. The number of methoxy groups -OCH3 is 1. The Morgan fingerprint density at radius 2 is 2.00 bits per heavy atom. The molecule has 3 N–H and O–H groups in total. The fourth-order valence-electron chi connectivity index (χ4n) is 1.78. The van der Waals surface area contributed by atoms with Crippen LogP contribution in [-0.4, -0.2) is 45.7 Å². The number of nitrogens with one attached hydrogen (secondary N) is 3. The summed E-state index contributed by atoms with van der Waals surface area (Å²) in [6.45, 7) is 0.947. The molecular formula is C15H21F3N4O2. The molecule has 0 bridgehead atoms. The van der Waals surface area contributed by atoms with Gasteiger partial charge in [-0.3, -0.25) is 9.79 Å². The summed E-state index contributed by atoms with van der Waals surface area (Å²) in [4.78, 5) is 15.4. The van der Waals surface area contributed by atoms with Crippen LogP contribution < -0.4 is 16.0 Å². The van der Waals surface area contributed by atoms with Crippen molar-refractivity contribution in [3.05, 3.63) is 35.4 Å². The predicted octanol–water partition coefficient (Wildman–Crippen LogP) is 1.13. The fourth-order valence-corrected chi connectivity index (χ4v) is 1.78. The molecule has 1 amide bonds. The van der Waals surface area contributed by atoms with E-state index < -0.39 is 11.7 Å². The third kappa shape index (κ3) is 7.32. The van der Waals surface area contributed by atoms with E-state index in [1.807, 2.05) is 0 Å². The van der Waals surface area contributed by atoms with E-state index in [0.29, 0.717) is 24.7 Å². The molecule has 1 aromatic rings. The van der Waals surface area contributed by atoms with Gasteiger partial charge in [-0.2, -0.15) is 13.2 Å². The van der Waals surface area contributed by atoms with Crippen LogP contribution in [0.5, 0.6) is 0 Å². The summed E-state index contributed by atoms with van der Waals surface area (Å²) in [6.07, 6.45) is -4.38. The second kappa shape index (κ2) is 9.76. The number of nitrogens with zero attached hydrogens (tertiary/aromatic N) is 1. The molecule has 0 unspecified atom stereocenters. The maximum atomic E-state index is 12.7. The molecule has 0 aliphatic rings. The highest BCUT2D eigenvalue weighted by atomic mass is 19.4. The van der Waals surface area contributed by atoms with Crippen LogP contribution in [-0.2, 0) is 22.3 Å². The van der Waals surface area contributed by atoms with Crippen molar-refractivity contribution < 1.29 is 22.7 Å². The van der Waals surface area contributed by atoms with Crippen molar-refractivity contribution in [2.24, 2.45) is 4.99 Å². The molecule has 0 heterocycles. The quantitative estimate of drug-likeness (QED) is 0.393. The van der Waals surface area contributed by atoms with Crippen molar-refractivity contribution in [2.45, 2.75) is 12.7 Å². The van der Waals surface area contributed by atoms with Gasteiger partial charge in [-0.05, 0) is 17.7 Å². The summed E-state index contributed by atoms with van der Waals surface area (Å²) >= 11 is 0. The van der Waals surface area contributed by atoms with Crippen molar-refractivity contribution in [3.63, 3.8) is 0 Å². The lowest BCUT2D eigenvalue weighted by atomic mass is 10.1. The van der Waals surface area contributed by atoms with E-state index in [-0.39, 0.29) is 19.0 Å². The van der Waals surface area contributed by atoms with Crippen LogP contribution in [0.1, 0.15) is 11.1 Å². The van der Waals surface area contributed by atoms with Gasteiger partial charge in [0.2, 0.25) is 5.91 Å². The van der Waals surface area contributed by atoms with Crippen LogP contribution in [0, 0.1) is 0 Å². The Hall–Kier alpha value is -2.29. The highest BCUT2D eigenvalue weighted by molar-refractivity contribution is 5.86. The first kappa shape index (κ1) is 19.8. The first-order valence-corrected chi connectivity index (χ1v) is 7.23. The standard InChI is InChI=1S/C15H21F3N4O2/c1-19-14(22-10-13(23)20-6-7-24-2)21-9-11-4-3-5-12(8-11)15(16,17)18/h3-5,8H,6-7,9-10H2,1-2H3,(H,20,23)(H2,19,21,22). The van der Waals surface area contributed by atoms with Gasteiger partial charge in [0.15, 0.2) is 5.96 Å². The lowest BCUT2D eigenvalue weighted by molar-refractivity contribution is -0.137. The molecule has 24 heavy (non-hydrogen) atoms. The van der Waals surface area contributed by atoms with Gasteiger partial charge >= 0.3 is 6.18 Å². The number of benzene rings is 1. The van der Waals surface area contributed by atoms with Crippen LogP contribution in [0.4, 0.5) is 13.2 Å². The molecule has 6 nitrogen and oxygen atoms in total. The Morgan fingerprint density at radius 3 is 2.62 bits per heavy atom. The van der Waals surface area contributed by atoms with Crippen LogP contribution in [0.3, 0.4) is 0 Å². The number of carbonyl (C=O) groups is 1. The molecule has 134 valence electrons. The average molecular weight is 346 g/mol. The van der Waals surface area contributed by atoms with E-state index in [1.165, 1.54) is 20.2 Å². The van der Waals surface area contributed by atoms with Crippen molar-refractivity contribution >= 4 is 11.9 Å². The molecule has 0 aromatic heterocycles. The third-order valence-electron chi connectivity index (χ3n) is 2.98. The number of guanidine groups is 1. The molecule has 0 radical (unpaired) electrons. The molecule has 0 aliphatic heterocycles. The summed E-state index contributed by atoms with van der Waals surface area (Å²) < 4.78 is 42.8. The smallest absolute Gasteiger partial charge is 0.383 e. The lowest BCUT2D eigenvalue weighted by Gasteiger charge is -2.13. The van der Waals surface area contributed by atoms with E-state index in [1.54, 1.807) is 6.07 Å². The summed E-state index contributed by atoms with van der Waals surface area (Å²) in [5.41, 5.74) is -0.250. The van der Waals surface area contributed by atoms with Gasteiger partial charge in [0.1, 0.15) is 0 Å². The van der Waals surface area contributed by atoms with Gasteiger partial charge in [0.05, 0.1) is 18.7 Å². The second-order valence-electron chi connectivity index (χ2n) is 4.82. The highest BCUT2D eigenvalue weighted by Gasteiger charge is 2.30. The number of amides is 1. The molecule has 1 rings (SSSR count). The van der Waals surface area contributed by atoms with Gasteiger partial charge < -0.3 is 20.7 Å². The van der Waals surface area contributed by atoms with Gasteiger partial charge in [0, 0.05) is 27.2 Å². The van der Waals surface area contributed by atoms with Crippen molar-refractivity contribution in [1.82, 2.24) is 16.0 Å². The minimum Gasteiger partial charge on any atom is -0.383 e. The van der Waals surface area contributed by atoms with E-state index in [2.05, 4.69) is 20.9 Å². The first-order valence-electron chi connectivity index (χ1n) is 7.23. The number of hydrogen-bond acceptors (Lipinski definition) is 3. The van der Waals surface area contributed by atoms with Gasteiger partial charge in [0.25, 0.3) is 0 Å². The first-order chi connectivity index (χ1) is 11.4. The van der Waals surface area contributed by atoms with Gasteiger partial charge in [-0.25, -0.2) is 0 Å². The number of carbonyl (C=O) groups excluding carboxylic acids is 1. The maximum Gasteiger partial charge on any atom is 0.416 e. The Labute approximate surface area is 138 Å². The minimum atomic E-state index is -4.38.